The van der Waals surface area contributed by atoms with Gasteiger partial charge in [0.1, 0.15) is 6.10 Å². The van der Waals surface area contributed by atoms with Crippen LogP contribution in [0.25, 0.3) is 0 Å². The maximum Gasteiger partial charge on any atom is 0.410 e. The van der Waals surface area contributed by atoms with E-state index in [1.54, 1.807) is 4.90 Å². The lowest BCUT2D eigenvalue weighted by molar-refractivity contribution is 0.135. The Labute approximate surface area is 108 Å². The van der Waals surface area contributed by atoms with E-state index >= 15 is 0 Å². The molecule has 1 unspecified atom stereocenters. The fraction of sp³-hybridized carbons (Fsp3) is 0.500. The summed E-state index contributed by atoms with van der Waals surface area (Å²) in [5, 5.41) is 0. The van der Waals surface area contributed by atoms with Crippen LogP contribution in [0.4, 0.5) is 4.79 Å². The number of aryl methyl sites for hydroxylation is 2. The normalized spacial score (nSPS) is 19.2. The first kappa shape index (κ1) is 12.9. The van der Waals surface area contributed by atoms with Crippen molar-refractivity contribution in [1.82, 2.24) is 4.90 Å². The molecule has 0 radical (unpaired) electrons. The van der Waals surface area contributed by atoms with Gasteiger partial charge in [-0.2, -0.15) is 0 Å². The van der Waals surface area contributed by atoms with Gasteiger partial charge in [0, 0.05) is 13.1 Å². The summed E-state index contributed by atoms with van der Waals surface area (Å²) in [7, 11) is 0. The third kappa shape index (κ3) is 2.82. The summed E-state index contributed by atoms with van der Waals surface area (Å²) in [4.78, 5) is 13.3. The Morgan fingerprint density at radius 3 is 2.83 bits per heavy atom. The predicted molar refractivity (Wildman–Crippen MR) is 70.5 cm³/mol. The Morgan fingerprint density at radius 2 is 2.22 bits per heavy atom. The highest BCUT2D eigenvalue weighted by Gasteiger charge is 2.29. The van der Waals surface area contributed by atoms with E-state index in [0.717, 1.165) is 6.42 Å². The van der Waals surface area contributed by atoms with Gasteiger partial charge in [-0.25, -0.2) is 4.79 Å². The zero-order valence-corrected chi connectivity index (χ0v) is 11.0. The minimum absolute atomic E-state index is 0.142. The largest absolute Gasteiger partial charge is 0.443 e. The van der Waals surface area contributed by atoms with Crippen LogP contribution in [0.5, 0.6) is 0 Å². The van der Waals surface area contributed by atoms with Crippen molar-refractivity contribution in [2.45, 2.75) is 26.4 Å². The SMILES string of the molecule is Cc1ccc(CCN2CC(CN)OC2=O)c(C)c1. The number of carbonyl (C=O) groups is 1. The van der Waals surface area contributed by atoms with Gasteiger partial charge in [0.05, 0.1) is 6.54 Å². The molecular formula is C14H20N2O2. The molecular weight excluding hydrogens is 228 g/mol. The second-order valence-electron chi connectivity index (χ2n) is 4.87. The number of nitrogens with zero attached hydrogens (tertiary/aromatic N) is 1. The molecule has 98 valence electrons. The highest BCUT2D eigenvalue weighted by atomic mass is 16.6. The summed E-state index contributed by atoms with van der Waals surface area (Å²) in [5.41, 5.74) is 9.32. The molecule has 0 aliphatic carbocycles. The molecule has 0 spiro atoms. The average Bonchev–Trinajstić information content (AvgIpc) is 2.69. The van der Waals surface area contributed by atoms with Crippen LogP contribution in [0.15, 0.2) is 18.2 Å². The fourth-order valence-electron chi connectivity index (χ4n) is 2.26. The van der Waals surface area contributed by atoms with E-state index in [2.05, 4.69) is 32.0 Å². The molecule has 18 heavy (non-hydrogen) atoms. The molecule has 2 N–H and O–H groups in total. The van der Waals surface area contributed by atoms with E-state index in [9.17, 15) is 4.79 Å². The Bertz CT molecular complexity index is 445. The molecule has 1 aromatic rings. The molecule has 0 aromatic heterocycles. The molecule has 1 atom stereocenters. The zero-order valence-electron chi connectivity index (χ0n) is 11.0. The number of carbonyl (C=O) groups excluding carboxylic acids is 1. The second kappa shape index (κ2) is 5.40. The van der Waals surface area contributed by atoms with Gasteiger partial charge in [0.15, 0.2) is 0 Å². The number of amides is 1. The van der Waals surface area contributed by atoms with Crippen molar-refractivity contribution in [2.24, 2.45) is 5.73 Å². The van der Waals surface area contributed by atoms with Gasteiger partial charge in [0.25, 0.3) is 0 Å². The van der Waals surface area contributed by atoms with Gasteiger partial charge in [-0.05, 0) is 31.4 Å². The number of benzene rings is 1. The van der Waals surface area contributed by atoms with Gasteiger partial charge < -0.3 is 15.4 Å². The predicted octanol–water partition coefficient (Wildman–Crippen LogP) is 1.63. The van der Waals surface area contributed by atoms with Crippen LogP contribution in [0.3, 0.4) is 0 Å². The molecule has 1 aliphatic heterocycles. The Kier molecular flexibility index (Phi) is 3.87. The minimum atomic E-state index is -0.241. The van der Waals surface area contributed by atoms with Crippen molar-refractivity contribution in [1.29, 1.82) is 0 Å². The molecule has 1 aliphatic rings. The van der Waals surface area contributed by atoms with Crippen molar-refractivity contribution in [3.05, 3.63) is 34.9 Å². The zero-order chi connectivity index (χ0) is 13.1. The molecule has 4 nitrogen and oxygen atoms in total. The Morgan fingerprint density at radius 1 is 1.44 bits per heavy atom. The van der Waals surface area contributed by atoms with E-state index in [4.69, 9.17) is 10.5 Å². The van der Waals surface area contributed by atoms with Crippen LogP contribution in [0.2, 0.25) is 0 Å². The van der Waals surface area contributed by atoms with Crippen LogP contribution in [-0.2, 0) is 11.2 Å². The maximum absolute atomic E-state index is 11.6. The van der Waals surface area contributed by atoms with Gasteiger partial charge >= 0.3 is 6.09 Å². The molecule has 2 rings (SSSR count). The molecule has 0 saturated carbocycles. The molecule has 1 heterocycles. The van der Waals surface area contributed by atoms with Crippen molar-refractivity contribution in [2.75, 3.05) is 19.6 Å². The Balaban J connectivity index is 1.94. The van der Waals surface area contributed by atoms with Crippen LogP contribution in [0.1, 0.15) is 16.7 Å². The van der Waals surface area contributed by atoms with Gasteiger partial charge in [0.2, 0.25) is 0 Å². The smallest absolute Gasteiger partial charge is 0.410 e. The van der Waals surface area contributed by atoms with Crippen LogP contribution >= 0.6 is 0 Å². The average molecular weight is 248 g/mol. The topological polar surface area (TPSA) is 55.6 Å². The number of hydrogen-bond donors (Lipinski definition) is 1. The molecule has 1 amide bonds. The van der Waals surface area contributed by atoms with E-state index < -0.39 is 0 Å². The minimum Gasteiger partial charge on any atom is -0.443 e. The number of hydrogen-bond acceptors (Lipinski definition) is 3. The van der Waals surface area contributed by atoms with Crippen LogP contribution in [-0.4, -0.2) is 36.7 Å². The van der Waals surface area contributed by atoms with Gasteiger partial charge in [-0.15, -0.1) is 0 Å². The van der Waals surface area contributed by atoms with Crippen LogP contribution < -0.4 is 5.73 Å². The summed E-state index contributed by atoms with van der Waals surface area (Å²) in [6.07, 6.45) is 0.477. The summed E-state index contributed by atoms with van der Waals surface area (Å²) >= 11 is 0. The van der Waals surface area contributed by atoms with Crippen molar-refractivity contribution < 1.29 is 9.53 Å². The number of rotatable bonds is 4. The highest BCUT2D eigenvalue weighted by Crippen LogP contribution is 2.14. The summed E-state index contributed by atoms with van der Waals surface area (Å²) in [5.74, 6) is 0. The van der Waals surface area contributed by atoms with E-state index in [-0.39, 0.29) is 12.2 Å². The van der Waals surface area contributed by atoms with Gasteiger partial charge in [-0.1, -0.05) is 23.8 Å². The molecule has 1 fully saturated rings. The third-order valence-electron chi connectivity index (χ3n) is 3.36. The van der Waals surface area contributed by atoms with Gasteiger partial charge in [-0.3, -0.25) is 0 Å². The number of ether oxygens (including phenoxy) is 1. The third-order valence-corrected chi connectivity index (χ3v) is 3.36. The lowest BCUT2D eigenvalue weighted by Crippen LogP contribution is -2.29. The maximum atomic E-state index is 11.6. The summed E-state index contributed by atoms with van der Waals surface area (Å²) in [6, 6.07) is 6.40. The first-order chi connectivity index (χ1) is 8.60. The van der Waals surface area contributed by atoms with E-state index in [0.29, 0.717) is 19.6 Å². The first-order valence-corrected chi connectivity index (χ1v) is 6.32. The molecule has 1 saturated heterocycles. The lowest BCUT2D eigenvalue weighted by atomic mass is 10.0. The van der Waals surface area contributed by atoms with Crippen molar-refractivity contribution in [3.63, 3.8) is 0 Å². The quantitative estimate of drug-likeness (QED) is 0.881. The first-order valence-electron chi connectivity index (χ1n) is 6.32. The monoisotopic (exact) mass is 248 g/mol. The molecule has 1 aromatic carbocycles. The van der Waals surface area contributed by atoms with Crippen molar-refractivity contribution >= 4 is 6.09 Å². The van der Waals surface area contributed by atoms with Crippen molar-refractivity contribution in [3.8, 4) is 0 Å². The number of cyclic esters (lactones) is 1. The molecule has 4 heteroatoms. The lowest BCUT2D eigenvalue weighted by Gasteiger charge is -2.14. The summed E-state index contributed by atoms with van der Waals surface area (Å²) in [6.45, 7) is 5.89. The fourth-order valence-corrected chi connectivity index (χ4v) is 2.26. The second-order valence-corrected chi connectivity index (χ2v) is 4.87. The Hall–Kier alpha value is -1.55. The van der Waals surface area contributed by atoms with E-state index in [1.807, 2.05) is 0 Å². The van der Waals surface area contributed by atoms with E-state index in [1.165, 1.54) is 16.7 Å². The standard InChI is InChI=1S/C14H20N2O2/c1-10-3-4-12(11(2)7-10)5-6-16-9-13(8-15)18-14(16)17/h3-4,7,13H,5-6,8-9,15H2,1-2H3. The van der Waals surface area contributed by atoms with Crippen LogP contribution in [0, 0.1) is 13.8 Å². The molecule has 0 bridgehead atoms. The highest BCUT2D eigenvalue weighted by molar-refractivity contribution is 5.69. The summed E-state index contributed by atoms with van der Waals surface area (Å²) < 4.78 is 5.12. The number of nitrogens with two attached hydrogens (primary N) is 1.